The molecule has 2 N–H and O–H groups in total. The highest BCUT2D eigenvalue weighted by molar-refractivity contribution is 7.97. The zero-order valence-electron chi connectivity index (χ0n) is 14.2. The topological polar surface area (TPSA) is 39.7 Å². The molecule has 6 heteroatoms. The minimum Gasteiger partial charge on any atom is -0.356 e. The van der Waals surface area contributed by atoms with Crippen molar-refractivity contribution >= 4 is 17.7 Å². The summed E-state index contributed by atoms with van der Waals surface area (Å²) in [6.45, 7) is 3.90. The molecule has 1 aliphatic rings. The van der Waals surface area contributed by atoms with Crippen molar-refractivity contribution in [3.8, 4) is 0 Å². The molecule has 1 fully saturated rings. The molecule has 0 aliphatic carbocycles. The Morgan fingerprint density at radius 2 is 2.22 bits per heavy atom. The fourth-order valence-electron chi connectivity index (χ4n) is 2.89. The summed E-state index contributed by atoms with van der Waals surface area (Å²) in [4.78, 5) is 6.63. The Bertz CT molecular complexity index is 535. The second-order valence-corrected chi connectivity index (χ2v) is 6.94. The molecule has 1 heterocycles. The van der Waals surface area contributed by atoms with Crippen molar-refractivity contribution in [1.82, 2.24) is 15.5 Å². The molecule has 23 heavy (non-hydrogen) atoms. The van der Waals surface area contributed by atoms with Gasteiger partial charge in [-0.15, -0.1) is 0 Å². The Hall–Kier alpha value is -1.27. The van der Waals surface area contributed by atoms with E-state index in [-0.39, 0.29) is 5.82 Å². The van der Waals surface area contributed by atoms with E-state index in [1.54, 1.807) is 24.9 Å². The zero-order chi connectivity index (χ0) is 16.7. The maximum atomic E-state index is 13.4. The quantitative estimate of drug-likeness (QED) is 0.617. The van der Waals surface area contributed by atoms with Crippen LogP contribution in [0.2, 0.25) is 0 Å². The van der Waals surface area contributed by atoms with Crippen molar-refractivity contribution in [3.05, 3.63) is 35.1 Å². The third-order valence-electron chi connectivity index (χ3n) is 4.19. The lowest BCUT2D eigenvalue weighted by Crippen LogP contribution is -2.40. The number of nitrogens with one attached hydrogen (secondary N) is 2. The van der Waals surface area contributed by atoms with Gasteiger partial charge in [0.05, 0.1) is 0 Å². The third kappa shape index (κ3) is 5.70. The summed E-state index contributed by atoms with van der Waals surface area (Å²) in [5.74, 6) is 2.12. The number of halogens is 1. The number of hydrogen-bond donors (Lipinski definition) is 2. The Morgan fingerprint density at radius 1 is 1.39 bits per heavy atom. The Balaban J connectivity index is 1.85. The average molecular weight is 338 g/mol. The van der Waals surface area contributed by atoms with Gasteiger partial charge in [-0.1, -0.05) is 6.07 Å². The van der Waals surface area contributed by atoms with Crippen molar-refractivity contribution in [1.29, 1.82) is 0 Å². The standard InChI is InChI=1S/C17H27FN4S/c1-19-17(20-9-13-6-7-22(2)11-13)21-10-14-4-5-16(18)8-15(14)12-23-3/h4-5,8,13H,6-7,9-12H2,1-3H3,(H2,19,20,21). The van der Waals surface area contributed by atoms with Crippen molar-refractivity contribution in [2.24, 2.45) is 10.9 Å². The molecule has 2 rings (SSSR count). The first-order valence-corrected chi connectivity index (χ1v) is 9.41. The van der Waals surface area contributed by atoms with E-state index in [0.717, 1.165) is 35.9 Å². The molecule has 1 saturated heterocycles. The smallest absolute Gasteiger partial charge is 0.191 e. The third-order valence-corrected chi connectivity index (χ3v) is 4.78. The van der Waals surface area contributed by atoms with Crippen molar-refractivity contribution in [3.63, 3.8) is 0 Å². The average Bonchev–Trinajstić information content (AvgIpc) is 2.95. The molecule has 1 unspecified atom stereocenters. The number of rotatable bonds is 6. The van der Waals surface area contributed by atoms with Gasteiger partial charge in [-0.2, -0.15) is 11.8 Å². The molecule has 4 nitrogen and oxygen atoms in total. The summed E-state index contributed by atoms with van der Waals surface area (Å²) in [5.41, 5.74) is 2.15. The van der Waals surface area contributed by atoms with Crippen LogP contribution in [0.5, 0.6) is 0 Å². The summed E-state index contributed by atoms with van der Waals surface area (Å²) >= 11 is 1.70. The maximum Gasteiger partial charge on any atom is 0.191 e. The van der Waals surface area contributed by atoms with Crippen LogP contribution in [0.4, 0.5) is 4.39 Å². The number of guanidine groups is 1. The summed E-state index contributed by atoms with van der Waals surface area (Å²) < 4.78 is 13.4. The lowest BCUT2D eigenvalue weighted by atomic mass is 10.1. The van der Waals surface area contributed by atoms with E-state index in [9.17, 15) is 4.39 Å². The van der Waals surface area contributed by atoms with Crippen LogP contribution in [0.25, 0.3) is 0 Å². The van der Waals surface area contributed by atoms with Gasteiger partial charge in [-0.3, -0.25) is 4.99 Å². The summed E-state index contributed by atoms with van der Waals surface area (Å²) in [6.07, 6.45) is 3.26. The highest BCUT2D eigenvalue weighted by Crippen LogP contribution is 2.16. The molecule has 0 aromatic heterocycles. The van der Waals surface area contributed by atoms with Crippen LogP contribution in [0.15, 0.2) is 23.2 Å². The molecule has 0 radical (unpaired) electrons. The number of hydrogen-bond acceptors (Lipinski definition) is 3. The monoisotopic (exact) mass is 338 g/mol. The maximum absolute atomic E-state index is 13.4. The van der Waals surface area contributed by atoms with Crippen LogP contribution >= 0.6 is 11.8 Å². The Morgan fingerprint density at radius 3 is 2.87 bits per heavy atom. The predicted molar refractivity (Wildman–Crippen MR) is 97.4 cm³/mol. The molecule has 1 aromatic rings. The number of likely N-dealkylation sites (tertiary alicyclic amines) is 1. The number of nitrogens with zero attached hydrogens (tertiary/aromatic N) is 2. The summed E-state index contributed by atoms with van der Waals surface area (Å²) in [7, 11) is 3.94. The van der Waals surface area contributed by atoms with Gasteiger partial charge < -0.3 is 15.5 Å². The van der Waals surface area contributed by atoms with Gasteiger partial charge in [0.15, 0.2) is 5.96 Å². The van der Waals surface area contributed by atoms with Gasteiger partial charge in [0.1, 0.15) is 5.82 Å². The van der Waals surface area contributed by atoms with Crippen LogP contribution in [0, 0.1) is 11.7 Å². The van der Waals surface area contributed by atoms with Crippen molar-refractivity contribution in [2.75, 3.05) is 40.0 Å². The molecule has 128 valence electrons. The lowest BCUT2D eigenvalue weighted by Gasteiger charge is -2.16. The van der Waals surface area contributed by atoms with Gasteiger partial charge in [-0.05, 0) is 55.4 Å². The van der Waals surface area contributed by atoms with Gasteiger partial charge in [0, 0.05) is 32.4 Å². The van der Waals surface area contributed by atoms with Crippen LogP contribution in [-0.4, -0.2) is 50.8 Å². The van der Waals surface area contributed by atoms with Gasteiger partial charge >= 0.3 is 0 Å². The molecular formula is C17H27FN4S. The Kier molecular flexibility index (Phi) is 7.17. The van der Waals surface area contributed by atoms with Crippen LogP contribution in [-0.2, 0) is 12.3 Å². The number of aliphatic imine (C=N–C) groups is 1. The van der Waals surface area contributed by atoms with Gasteiger partial charge in [-0.25, -0.2) is 4.39 Å². The first-order valence-electron chi connectivity index (χ1n) is 8.01. The second-order valence-electron chi connectivity index (χ2n) is 6.07. The predicted octanol–water partition coefficient (Wildman–Crippen LogP) is 2.31. The highest BCUT2D eigenvalue weighted by Gasteiger charge is 2.19. The van der Waals surface area contributed by atoms with Crippen molar-refractivity contribution < 1.29 is 4.39 Å². The molecule has 0 bridgehead atoms. The number of benzene rings is 1. The van der Waals surface area contributed by atoms with Gasteiger partial charge in [0.25, 0.3) is 0 Å². The highest BCUT2D eigenvalue weighted by atomic mass is 32.2. The van der Waals surface area contributed by atoms with E-state index >= 15 is 0 Å². The van der Waals surface area contributed by atoms with Crippen molar-refractivity contribution in [2.45, 2.75) is 18.7 Å². The van der Waals surface area contributed by atoms with E-state index in [0.29, 0.717) is 12.5 Å². The largest absolute Gasteiger partial charge is 0.356 e. The second kappa shape index (κ2) is 9.13. The van der Waals surface area contributed by atoms with Crippen LogP contribution < -0.4 is 10.6 Å². The molecular weight excluding hydrogens is 311 g/mol. The molecule has 1 aromatic carbocycles. The molecule has 1 aliphatic heterocycles. The van der Waals surface area contributed by atoms with Crippen LogP contribution in [0.1, 0.15) is 17.5 Å². The number of thioether (sulfide) groups is 1. The zero-order valence-corrected chi connectivity index (χ0v) is 15.0. The fourth-order valence-corrected chi connectivity index (χ4v) is 3.47. The van der Waals surface area contributed by atoms with E-state index in [1.807, 2.05) is 12.3 Å². The van der Waals surface area contributed by atoms with E-state index < -0.39 is 0 Å². The van der Waals surface area contributed by atoms with Gasteiger partial charge in [0.2, 0.25) is 0 Å². The SMILES string of the molecule is CN=C(NCc1ccc(F)cc1CSC)NCC1CCN(C)C1. The molecule has 0 amide bonds. The van der Waals surface area contributed by atoms with E-state index in [2.05, 4.69) is 27.6 Å². The normalized spacial score (nSPS) is 19.1. The first-order chi connectivity index (χ1) is 11.1. The first kappa shape index (κ1) is 18.1. The molecule has 0 saturated carbocycles. The minimum atomic E-state index is -0.175. The summed E-state index contributed by atoms with van der Waals surface area (Å²) in [5, 5.41) is 6.73. The molecule has 1 atom stereocenters. The lowest BCUT2D eigenvalue weighted by molar-refractivity contribution is 0.394. The Labute approximate surface area is 142 Å². The minimum absolute atomic E-state index is 0.175. The van der Waals surface area contributed by atoms with E-state index in [4.69, 9.17) is 0 Å². The fraction of sp³-hybridized carbons (Fsp3) is 0.588. The summed E-state index contributed by atoms with van der Waals surface area (Å²) in [6, 6.07) is 5.00. The van der Waals surface area contributed by atoms with E-state index in [1.165, 1.54) is 19.0 Å². The van der Waals surface area contributed by atoms with Crippen LogP contribution in [0.3, 0.4) is 0 Å². The molecule has 0 spiro atoms.